The molecule has 1 aliphatic rings. The molecule has 9 heteroatoms. The highest BCUT2D eigenvalue weighted by molar-refractivity contribution is 7.99. The van der Waals surface area contributed by atoms with Gasteiger partial charge in [-0.2, -0.15) is 0 Å². The predicted octanol–water partition coefficient (Wildman–Crippen LogP) is 4.89. The molecule has 0 saturated heterocycles. The molecule has 37 heavy (non-hydrogen) atoms. The minimum atomic E-state index is -1.37. The number of benzene rings is 3. The summed E-state index contributed by atoms with van der Waals surface area (Å²) < 4.78 is 5.35. The SMILES string of the molecule is CC(C)(C)OC(=O)NCC(SCC(C(=O)O)N1C(=O)c2ccccc2C1=O)c1ccc2ccccc2c1. The molecule has 0 radical (unpaired) electrons. The van der Waals surface area contributed by atoms with Crippen molar-refractivity contribution in [2.45, 2.75) is 37.7 Å². The number of nitrogens with one attached hydrogen (secondary N) is 1. The molecule has 1 heterocycles. The predicted molar refractivity (Wildman–Crippen MR) is 142 cm³/mol. The first-order valence-electron chi connectivity index (χ1n) is 11.8. The van der Waals surface area contributed by atoms with E-state index in [0.29, 0.717) is 0 Å². The van der Waals surface area contributed by atoms with Crippen molar-refractivity contribution in [1.82, 2.24) is 10.2 Å². The van der Waals surface area contributed by atoms with Crippen LogP contribution in [0.5, 0.6) is 0 Å². The van der Waals surface area contributed by atoms with E-state index < -0.39 is 35.5 Å². The number of thioether (sulfide) groups is 1. The monoisotopic (exact) mass is 520 g/mol. The summed E-state index contributed by atoms with van der Waals surface area (Å²) >= 11 is 1.25. The van der Waals surface area contributed by atoms with Crippen LogP contribution in [0.3, 0.4) is 0 Å². The molecule has 3 amide bonds. The molecule has 0 bridgehead atoms. The van der Waals surface area contributed by atoms with Gasteiger partial charge in [-0.1, -0.05) is 48.5 Å². The second-order valence-corrected chi connectivity index (χ2v) is 10.9. The molecule has 4 rings (SSSR count). The van der Waals surface area contributed by atoms with Gasteiger partial charge in [0.05, 0.1) is 11.1 Å². The van der Waals surface area contributed by atoms with Crippen molar-refractivity contribution in [3.63, 3.8) is 0 Å². The summed E-state index contributed by atoms with van der Waals surface area (Å²) in [7, 11) is 0. The summed E-state index contributed by atoms with van der Waals surface area (Å²) in [5.41, 5.74) is 0.587. The lowest BCUT2D eigenvalue weighted by Gasteiger charge is -2.26. The van der Waals surface area contributed by atoms with Crippen LogP contribution in [0.15, 0.2) is 66.7 Å². The summed E-state index contributed by atoms with van der Waals surface area (Å²) in [4.78, 5) is 51.2. The van der Waals surface area contributed by atoms with E-state index >= 15 is 0 Å². The van der Waals surface area contributed by atoms with Crippen LogP contribution in [-0.4, -0.2) is 57.8 Å². The highest BCUT2D eigenvalue weighted by atomic mass is 32.2. The number of ether oxygens (including phenoxy) is 1. The van der Waals surface area contributed by atoms with Gasteiger partial charge in [-0.3, -0.25) is 14.5 Å². The van der Waals surface area contributed by atoms with Crippen LogP contribution in [0.1, 0.15) is 52.3 Å². The van der Waals surface area contributed by atoms with Gasteiger partial charge in [-0.25, -0.2) is 9.59 Å². The van der Waals surface area contributed by atoms with Crippen molar-refractivity contribution >= 4 is 46.4 Å². The van der Waals surface area contributed by atoms with Gasteiger partial charge in [-0.15, -0.1) is 11.8 Å². The largest absolute Gasteiger partial charge is 0.480 e. The van der Waals surface area contributed by atoms with Crippen molar-refractivity contribution in [2.75, 3.05) is 12.3 Å². The first-order valence-corrected chi connectivity index (χ1v) is 12.9. The fraction of sp³-hybridized carbons (Fsp3) is 0.286. The van der Waals surface area contributed by atoms with Gasteiger partial charge in [0, 0.05) is 17.5 Å². The number of hydrogen-bond acceptors (Lipinski definition) is 6. The molecule has 2 unspecified atom stereocenters. The maximum absolute atomic E-state index is 12.9. The molecule has 0 spiro atoms. The Hall–Kier alpha value is -3.85. The number of rotatable bonds is 8. The topological polar surface area (TPSA) is 113 Å². The van der Waals surface area contributed by atoms with Crippen molar-refractivity contribution in [2.24, 2.45) is 0 Å². The fourth-order valence-electron chi connectivity index (χ4n) is 4.13. The zero-order valence-electron chi connectivity index (χ0n) is 20.8. The maximum Gasteiger partial charge on any atom is 0.407 e. The highest BCUT2D eigenvalue weighted by Crippen LogP contribution is 2.33. The van der Waals surface area contributed by atoms with E-state index in [1.54, 1.807) is 32.9 Å². The lowest BCUT2D eigenvalue weighted by atomic mass is 10.0. The maximum atomic E-state index is 12.9. The Bertz CT molecular complexity index is 1330. The van der Waals surface area contributed by atoms with Gasteiger partial charge in [0.2, 0.25) is 0 Å². The number of carboxylic acid groups (broad SMARTS) is 1. The molecule has 2 atom stereocenters. The molecule has 1 aliphatic heterocycles. The van der Waals surface area contributed by atoms with E-state index in [4.69, 9.17) is 4.74 Å². The van der Waals surface area contributed by atoms with Gasteiger partial charge in [0.1, 0.15) is 11.6 Å². The van der Waals surface area contributed by atoms with E-state index in [2.05, 4.69) is 5.32 Å². The number of nitrogens with zero attached hydrogens (tertiary/aromatic N) is 1. The molecule has 3 aromatic rings. The first kappa shape index (κ1) is 26.2. The van der Waals surface area contributed by atoms with Crippen LogP contribution >= 0.6 is 11.8 Å². The normalized spacial score (nSPS) is 14.8. The van der Waals surface area contributed by atoms with Crippen molar-refractivity contribution in [3.05, 3.63) is 83.4 Å². The fourth-order valence-corrected chi connectivity index (χ4v) is 5.37. The van der Waals surface area contributed by atoms with Crippen LogP contribution < -0.4 is 5.32 Å². The number of amides is 3. The number of carbonyl (C=O) groups excluding carboxylic acids is 3. The third-order valence-corrected chi connectivity index (χ3v) is 7.20. The molecule has 3 aromatic carbocycles. The van der Waals surface area contributed by atoms with Gasteiger partial charge in [0.25, 0.3) is 11.8 Å². The Balaban J connectivity index is 1.57. The van der Waals surface area contributed by atoms with Crippen LogP contribution in [0.2, 0.25) is 0 Å². The minimum Gasteiger partial charge on any atom is -0.480 e. The average molecular weight is 521 g/mol. The lowest BCUT2D eigenvalue weighted by Crippen LogP contribution is -2.46. The molecule has 2 N–H and O–H groups in total. The Morgan fingerprint density at radius 1 is 0.946 bits per heavy atom. The van der Waals surface area contributed by atoms with Crippen LogP contribution in [-0.2, 0) is 9.53 Å². The number of aliphatic carboxylic acids is 1. The highest BCUT2D eigenvalue weighted by Gasteiger charge is 2.43. The summed E-state index contributed by atoms with van der Waals surface area (Å²) in [6.45, 7) is 5.46. The number of carbonyl (C=O) groups is 4. The molecular formula is C28H28N2O6S. The number of hydrogen-bond donors (Lipinski definition) is 2. The number of fused-ring (bicyclic) bond motifs is 2. The Labute approximate surface area is 219 Å². The second-order valence-electron chi connectivity index (χ2n) is 9.69. The Morgan fingerprint density at radius 2 is 1.54 bits per heavy atom. The quantitative estimate of drug-likeness (QED) is 0.407. The third-order valence-electron chi connectivity index (χ3n) is 5.85. The molecule has 192 valence electrons. The standard InChI is InChI=1S/C28H28N2O6S/c1-28(2,3)36-27(35)29-15-23(19-13-12-17-8-4-5-9-18(17)14-19)37-16-22(26(33)34)30-24(31)20-10-6-7-11-21(20)25(30)32/h4-14,22-23H,15-16H2,1-3H3,(H,29,35)(H,33,34). The van der Waals surface area contributed by atoms with E-state index in [1.165, 1.54) is 23.9 Å². The van der Waals surface area contributed by atoms with Crippen molar-refractivity contribution in [1.29, 1.82) is 0 Å². The van der Waals surface area contributed by atoms with Crippen LogP contribution in [0.4, 0.5) is 4.79 Å². The molecule has 0 fully saturated rings. The summed E-state index contributed by atoms with van der Waals surface area (Å²) in [6, 6.07) is 18.6. The van der Waals surface area contributed by atoms with E-state index in [-0.39, 0.29) is 28.7 Å². The smallest absolute Gasteiger partial charge is 0.407 e. The first-order chi connectivity index (χ1) is 17.5. The van der Waals surface area contributed by atoms with Crippen molar-refractivity contribution < 1.29 is 29.0 Å². The van der Waals surface area contributed by atoms with E-state index in [0.717, 1.165) is 21.2 Å². The zero-order valence-corrected chi connectivity index (χ0v) is 21.6. The summed E-state index contributed by atoms with van der Waals surface area (Å²) in [5.74, 6) is -2.58. The zero-order chi connectivity index (χ0) is 26.7. The summed E-state index contributed by atoms with van der Waals surface area (Å²) in [6.07, 6.45) is -0.589. The molecule has 0 aliphatic carbocycles. The summed E-state index contributed by atoms with van der Waals surface area (Å²) in [5, 5.41) is 14.4. The lowest BCUT2D eigenvalue weighted by molar-refractivity contribution is -0.140. The Kier molecular flexibility index (Phi) is 7.54. The van der Waals surface area contributed by atoms with Crippen LogP contribution in [0, 0.1) is 0 Å². The second kappa shape index (κ2) is 10.6. The molecule has 8 nitrogen and oxygen atoms in total. The van der Waals surface area contributed by atoms with E-state index in [9.17, 15) is 24.3 Å². The van der Waals surface area contributed by atoms with Gasteiger partial charge >= 0.3 is 12.1 Å². The number of carboxylic acids is 1. The third kappa shape index (κ3) is 5.94. The van der Waals surface area contributed by atoms with Gasteiger partial charge in [-0.05, 0) is 55.3 Å². The minimum absolute atomic E-state index is 0.0612. The van der Waals surface area contributed by atoms with Crippen LogP contribution in [0.25, 0.3) is 10.8 Å². The average Bonchev–Trinajstić information content (AvgIpc) is 3.10. The van der Waals surface area contributed by atoms with Gasteiger partial charge < -0.3 is 15.2 Å². The number of alkyl carbamates (subject to hydrolysis) is 1. The Morgan fingerprint density at radius 3 is 2.14 bits per heavy atom. The van der Waals surface area contributed by atoms with Gasteiger partial charge in [0.15, 0.2) is 0 Å². The molecule has 0 saturated carbocycles. The van der Waals surface area contributed by atoms with E-state index in [1.807, 2.05) is 42.5 Å². The molecule has 0 aromatic heterocycles. The molecular weight excluding hydrogens is 492 g/mol. The van der Waals surface area contributed by atoms with Crippen molar-refractivity contribution in [3.8, 4) is 0 Å². The number of imide groups is 1.